The van der Waals surface area contributed by atoms with Crippen LogP contribution in [0.4, 0.5) is 0 Å². The van der Waals surface area contributed by atoms with Crippen molar-refractivity contribution in [1.29, 1.82) is 0 Å². The Morgan fingerprint density at radius 3 is 2.72 bits per heavy atom. The number of fused-ring (bicyclic) bond motifs is 1. The summed E-state index contributed by atoms with van der Waals surface area (Å²) in [5, 5.41) is 8.45. The zero-order valence-corrected chi connectivity index (χ0v) is 13.9. The third-order valence-electron chi connectivity index (χ3n) is 4.60. The van der Waals surface area contributed by atoms with E-state index in [1.807, 2.05) is 65.6 Å². The number of aromatic amines is 1. The van der Waals surface area contributed by atoms with Gasteiger partial charge in [0.2, 0.25) is 0 Å². The summed E-state index contributed by atoms with van der Waals surface area (Å²) < 4.78 is 0. The molecule has 1 aliphatic rings. The number of nitrogens with one attached hydrogen (secondary N) is 1. The Balaban J connectivity index is 1.49. The molecule has 25 heavy (non-hydrogen) atoms. The summed E-state index contributed by atoms with van der Waals surface area (Å²) in [4.78, 5) is 14.3. The highest BCUT2D eigenvalue weighted by atomic mass is 16.2. The lowest BCUT2D eigenvalue weighted by Crippen LogP contribution is -2.31. The second-order valence-corrected chi connectivity index (χ2v) is 6.41. The fourth-order valence-corrected chi connectivity index (χ4v) is 3.18. The van der Waals surface area contributed by atoms with Crippen molar-refractivity contribution in [3.8, 4) is 0 Å². The van der Waals surface area contributed by atoms with Gasteiger partial charge < -0.3 is 10.6 Å². The lowest BCUT2D eigenvalue weighted by molar-refractivity contribution is 0.0791. The zero-order valence-electron chi connectivity index (χ0n) is 13.9. The maximum atomic E-state index is 12.4. The van der Waals surface area contributed by atoms with Crippen LogP contribution in [0.15, 0.2) is 48.5 Å². The molecule has 2 heterocycles. The molecule has 126 valence electrons. The van der Waals surface area contributed by atoms with Gasteiger partial charge in [-0.3, -0.25) is 9.89 Å². The number of amides is 1. The first-order chi connectivity index (χ1) is 12.2. The summed E-state index contributed by atoms with van der Waals surface area (Å²) in [6.07, 6.45) is 4.86. The minimum Gasteiger partial charge on any atom is -0.337 e. The number of para-hydroxylation sites is 1. The number of likely N-dealkylation sites (tertiary alicyclic amines) is 1. The van der Waals surface area contributed by atoms with Gasteiger partial charge >= 0.3 is 0 Å². The fraction of sp³-hybridized carbons (Fsp3) is 0.200. The smallest absolute Gasteiger partial charge is 0.253 e. The highest BCUT2D eigenvalue weighted by Gasteiger charge is 2.24. The Kier molecular flexibility index (Phi) is 4.07. The molecule has 1 aromatic heterocycles. The molecule has 1 saturated heterocycles. The number of H-pyrrole nitrogens is 1. The van der Waals surface area contributed by atoms with Gasteiger partial charge in [0, 0.05) is 30.1 Å². The van der Waals surface area contributed by atoms with Crippen LogP contribution >= 0.6 is 0 Å². The molecule has 1 aliphatic heterocycles. The minimum atomic E-state index is 0.0572. The second-order valence-electron chi connectivity index (χ2n) is 6.41. The third kappa shape index (κ3) is 3.19. The molecule has 1 atom stereocenters. The quantitative estimate of drug-likeness (QED) is 0.774. The Hall–Kier alpha value is -2.92. The lowest BCUT2D eigenvalue weighted by Gasteiger charge is -2.15. The summed E-state index contributed by atoms with van der Waals surface area (Å²) in [6.45, 7) is 1.39. The van der Waals surface area contributed by atoms with Crippen LogP contribution in [0.2, 0.25) is 0 Å². The molecule has 0 saturated carbocycles. The minimum absolute atomic E-state index is 0.0572. The number of nitrogens with zero attached hydrogens (tertiary/aromatic N) is 2. The summed E-state index contributed by atoms with van der Waals surface area (Å²) in [6, 6.07) is 15.8. The van der Waals surface area contributed by atoms with Crippen LogP contribution in [0.25, 0.3) is 23.1 Å². The maximum Gasteiger partial charge on any atom is 0.253 e. The van der Waals surface area contributed by atoms with E-state index in [0.29, 0.717) is 12.1 Å². The van der Waals surface area contributed by atoms with Gasteiger partial charge in [0.1, 0.15) is 0 Å². The van der Waals surface area contributed by atoms with Crippen LogP contribution in [0, 0.1) is 0 Å². The number of rotatable bonds is 3. The number of benzene rings is 2. The predicted molar refractivity (Wildman–Crippen MR) is 100.0 cm³/mol. The van der Waals surface area contributed by atoms with E-state index in [1.165, 1.54) is 0 Å². The van der Waals surface area contributed by atoms with Gasteiger partial charge in [-0.05, 0) is 36.3 Å². The molecule has 5 heteroatoms. The standard InChI is InChI=1S/C20H20N4O/c21-16-11-12-24(13-16)20(25)15-8-5-14(6-9-15)7-10-19-17-3-1-2-4-18(17)22-23-19/h1-10,16H,11-13,21H2,(H,22,23). The Labute approximate surface area is 146 Å². The molecular formula is C20H20N4O. The lowest BCUT2D eigenvalue weighted by atomic mass is 10.1. The average Bonchev–Trinajstić information content (AvgIpc) is 3.26. The monoisotopic (exact) mass is 332 g/mol. The van der Waals surface area contributed by atoms with E-state index in [1.54, 1.807) is 0 Å². The van der Waals surface area contributed by atoms with Crippen molar-refractivity contribution < 1.29 is 4.79 Å². The highest BCUT2D eigenvalue weighted by molar-refractivity contribution is 5.95. The number of nitrogens with two attached hydrogens (primary N) is 1. The van der Waals surface area contributed by atoms with Crippen molar-refractivity contribution in [1.82, 2.24) is 15.1 Å². The molecule has 1 unspecified atom stereocenters. The first kappa shape index (κ1) is 15.6. The van der Waals surface area contributed by atoms with Crippen LogP contribution in [-0.4, -0.2) is 40.1 Å². The van der Waals surface area contributed by atoms with Gasteiger partial charge in [0.25, 0.3) is 5.91 Å². The highest BCUT2D eigenvalue weighted by Crippen LogP contribution is 2.18. The average molecular weight is 332 g/mol. The molecule has 0 spiro atoms. The summed E-state index contributed by atoms with van der Waals surface area (Å²) >= 11 is 0. The van der Waals surface area contributed by atoms with Crippen LogP contribution < -0.4 is 5.73 Å². The van der Waals surface area contributed by atoms with Crippen molar-refractivity contribution in [2.45, 2.75) is 12.5 Å². The van der Waals surface area contributed by atoms with E-state index in [2.05, 4.69) is 10.2 Å². The number of hydrogen-bond donors (Lipinski definition) is 2. The molecule has 0 bridgehead atoms. The van der Waals surface area contributed by atoms with Crippen molar-refractivity contribution in [2.24, 2.45) is 5.73 Å². The molecule has 1 amide bonds. The molecule has 1 fully saturated rings. The third-order valence-corrected chi connectivity index (χ3v) is 4.60. The van der Waals surface area contributed by atoms with Crippen molar-refractivity contribution in [2.75, 3.05) is 13.1 Å². The molecular weight excluding hydrogens is 312 g/mol. The van der Waals surface area contributed by atoms with Gasteiger partial charge in [-0.2, -0.15) is 5.10 Å². The van der Waals surface area contributed by atoms with E-state index in [9.17, 15) is 4.79 Å². The molecule has 4 rings (SSSR count). The van der Waals surface area contributed by atoms with Crippen molar-refractivity contribution >= 4 is 29.0 Å². The van der Waals surface area contributed by atoms with Crippen LogP contribution in [0.3, 0.4) is 0 Å². The summed E-state index contributed by atoms with van der Waals surface area (Å²) in [7, 11) is 0. The van der Waals surface area contributed by atoms with E-state index in [4.69, 9.17) is 5.73 Å². The van der Waals surface area contributed by atoms with E-state index >= 15 is 0 Å². The van der Waals surface area contributed by atoms with E-state index in [0.717, 1.165) is 35.1 Å². The normalized spacial score (nSPS) is 17.6. The molecule has 0 radical (unpaired) electrons. The van der Waals surface area contributed by atoms with E-state index < -0.39 is 0 Å². The first-order valence-electron chi connectivity index (χ1n) is 8.47. The Bertz CT molecular complexity index is 926. The Morgan fingerprint density at radius 1 is 1.16 bits per heavy atom. The second kappa shape index (κ2) is 6.53. The topological polar surface area (TPSA) is 75.0 Å². The van der Waals surface area contributed by atoms with Crippen molar-refractivity contribution in [3.63, 3.8) is 0 Å². The maximum absolute atomic E-state index is 12.4. The summed E-state index contributed by atoms with van der Waals surface area (Å²) in [5.41, 5.74) is 9.54. The number of hydrogen-bond acceptors (Lipinski definition) is 3. The number of carbonyl (C=O) groups excluding carboxylic acids is 1. The zero-order chi connectivity index (χ0) is 17.2. The molecule has 5 nitrogen and oxygen atoms in total. The van der Waals surface area contributed by atoms with Crippen LogP contribution in [0.5, 0.6) is 0 Å². The van der Waals surface area contributed by atoms with Gasteiger partial charge in [-0.25, -0.2) is 0 Å². The first-order valence-corrected chi connectivity index (χ1v) is 8.47. The number of aromatic nitrogens is 2. The summed E-state index contributed by atoms with van der Waals surface area (Å²) in [5.74, 6) is 0.0572. The van der Waals surface area contributed by atoms with Crippen LogP contribution in [-0.2, 0) is 0 Å². The van der Waals surface area contributed by atoms with Gasteiger partial charge in [-0.1, -0.05) is 36.4 Å². The molecule has 2 aromatic carbocycles. The molecule has 0 aliphatic carbocycles. The molecule has 3 N–H and O–H groups in total. The van der Waals surface area contributed by atoms with Gasteiger partial charge in [0.05, 0.1) is 11.2 Å². The van der Waals surface area contributed by atoms with Crippen LogP contribution in [0.1, 0.15) is 28.0 Å². The van der Waals surface area contributed by atoms with Crippen molar-refractivity contribution in [3.05, 3.63) is 65.4 Å². The fourth-order valence-electron chi connectivity index (χ4n) is 3.18. The van der Waals surface area contributed by atoms with E-state index in [-0.39, 0.29) is 11.9 Å². The largest absolute Gasteiger partial charge is 0.337 e. The molecule has 3 aromatic rings. The van der Waals surface area contributed by atoms with Gasteiger partial charge in [-0.15, -0.1) is 0 Å². The number of carbonyl (C=O) groups is 1. The Morgan fingerprint density at radius 2 is 1.96 bits per heavy atom. The van der Waals surface area contributed by atoms with Gasteiger partial charge in [0.15, 0.2) is 0 Å². The predicted octanol–water partition coefficient (Wildman–Crippen LogP) is 2.91. The SMILES string of the molecule is NC1CCN(C(=O)c2ccc(C=Cc3n[nH]c4ccccc34)cc2)C1.